The first kappa shape index (κ1) is 15.2. The van der Waals surface area contributed by atoms with E-state index in [0.29, 0.717) is 13.0 Å². The molecule has 1 aromatic carbocycles. The van der Waals surface area contributed by atoms with E-state index in [1.165, 1.54) is 12.1 Å². The van der Waals surface area contributed by atoms with E-state index in [9.17, 15) is 9.18 Å². The SMILES string of the molecule is [N-]=[N+]=NCCCNC(C(N)=O)c1ccc(Cl)cc1F. The molecule has 0 bridgehead atoms. The van der Waals surface area contributed by atoms with Gasteiger partial charge in [-0.15, -0.1) is 0 Å². The average molecular weight is 286 g/mol. The molecule has 0 aliphatic rings. The first-order chi connectivity index (χ1) is 9.06. The van der Waals surface area contributed by atoms with Crippen molar-refractivity contribution in [2.45, 2.75) is 12.5 Å². The van der Waals surface area contributed by atoms with Crippen LogP contribution >= 0.6 is 11.6 Å². The van der Waals surface area contributed by atoms with Crippen molar-refractivity contribution < 1.29 is 9.18 Å². The largest absolute Gasteiger partial charge is 0.368 e. The van der Waals surface area contributed by atoms with E-state index in [1.807, 2.05) is 0 Å². The highest BCUT2D eigenvalue weighted by atomic mass is 35.5. The van der Waals surface area contributed by atoms with Gasteiger partial charge in [0, 0.05) is 22.0 Å². The predicted octanol–water partition coefficient (Wildman–Crippen LogP) is 2.30. The third-order valence-corrected chi connectivity index (χ3v) is 2.64. The molecule has 0 spiro atoms. The Balaban J connectivity index is 2.71. The van der Waals surface area contributed by atoms with Gasteiger partial charge in [0.15, 0.2) is 0 Å². The first-order valence-electron chi connectivity index (χ1n) is 5.54. The number of azide groups is 1. The van der Waals surface area contributed by atoms with E-state index in [-0.39, 0.29) is 17.1 Å². The minimum atomic E-state index is -0.941. The minimum absolute atomic E-state index is 0.140. The summed E-state index contributed by atoms with van der Waals surface area (Å²) in [6, 6.07) is 3.07. The molecule has 1 unspecified atom stereocenters. The number of rotatable bonds is 7. The van der Waals surface area contributed by atoms with Crippen LogP contribution in [0.25, 0.3) is 10.4 Å². The average Bonchev–Trinajstić information content (AvgIpc) is 2.35. The van der Waals surface area contributed by atoms with Gasteiger partial charge in [0.1, 0.15) is 11.9 Å². The third kappa shape index (κ3) is 4.75. The summed E-state index contributed by atoms with van der Waals surface area (Å²) in [6.07, 6.45) is 0.517. The zero-order chi connectivity index (χ0) is 14.3. The standard InChI is InChI=1S/C11H13ClFN5O/c12-7-2-3-8(9(13)6-7)10(11(14)19)16-4-1-5-17-18-15/h2-3,6,10,16H,1,4-5H2,(H2,14,19). The highest BCUT2D eigenvalue weighted by Crippen LogP contribution is 2.20. The summed E-state index contributed by atoms with van der Waals surface area (Å²) in [4.78, 5) is 13.9. The summed E-state index contributed by atoms with van der Waals surface area (Å²) in [5, 5.41) is 6.41. The number of benzene rings is 1. The lowest BCUT2D eigenvalue weighted by Crippen LogP contribution is -2.35. The fourth-order valence-corrected chi connectivity index (χ4v) is 1.70. The highest BCUT2D eigenvalue weighted by molar-refractivity contribution is 6.30. The molecule has 0 saturated heterocycles. The van der Waals surface area contributed by atoms with Crippen molar-refractivity contribution in [1.82, 2.24) is 5.32 Å². The maximum atomic E-state index is 13.7. The first-order valence-corrected chi connectivity index (χ1v) is 5.92. The van der Waals surface area contributed by atoms with Crippen LogP contribution in [0.3, 0.4) is 0 Å². The summed E-state index contributed by atoms with van der Waals surface area (Å²) in [5.41, 5.74) is 13.5. The number of nitrogens with two attached hydrogens (primary N) is 1. The highest BCUT2D eigenvalue weighted by Gasteiger charge is 2.20. The van der Waals surface area contributed by atoms with Gasteiger partial charge in [-0.05, 0) is 30.6 Å². The van der Waals surface area contributed by atoms with Crippen LogP contribution in [0.2, 0.25) is 5.02 Å². The van der Waals surface area contributed by atoms with Crippen LogP contribution in [0.15, 0.2) is 23.3 Å². The molecule has 1 atom stereocenters. The molecule has 1 aromatic rings. The molecule has 3 N–H and O–H groups in total. The zero-order valence-corrected chi connectivity index (χ0v) is 10.8. The van der Waals surface area contributed by atoms with Crippen LogP contribution in [-0.4, -0.2) is 19.0 Å². The summed E-state index contributed by atoms with van der Waals surface area (Å²) >= 11 is 5.64. The van der Waals surface area contributed by atoms with E-state index >= 15 is 0 Å². The van der Waals surface area contributed by atoms with Crippen molar-refractivity contribution in [3.05, 3.63) is 45.0 Å². The Morgan fingerprint density at radius 3 is 2.95 bits per heavy atom. The second-order valence-electron chi connectivity index (χ2n) is 3.76. The molecular weight excluding hydrogens is 273 g/mol. The molecule has 102 valence electrons. The lowest BCUT2D eigenvalue weighted by molar-refractivity contribution is -0.120. The second kappa shape index (κ2) is 7.58. The fraction of sp³-hybridized carbons (Fsp3) is 0.364. The number of amides is 1. The summed E-state index contributed by atoms with van der Waals surface area (Å²) < 4.78 is 13.7. The topological polar surface area (TPSA) is 104 Å². The van der Waals surface area contributed by atoms with Crippen molar-refractivity contribution >= 4 is 17.5 Å². The Kier molecular flexibility index (Phi) is 6.08. The maximum absolute atomic E-state index is 13.7. The third-order valence-electron chi connectivity index (χ3n) is 2.40. The molecular formula is C11H13ClFN5O. The number of carbonyl (C=O) groups is 1. The molecule has 19 heavy (non-hydrogen) atoms. The van der Waals surface area contributed by atoms with Crippen LogP contribution in [0.4, 0.5) is 4.39 Å². The Morgan fingerprint density at radius 2 is 2.37 bits per heavy atom. The van der Waals surface area contributed by atoms with E-state index in [0.717, 1.165) is 6.07 Å². The molecule has 0 heterocycles. The molecule has 1 amide bonds. The van der Waals surface area contributed by atoms with Crippen LogP contribution in [0, 0.1) is 5.82 Å². The Morgan fingerprint density at radius 1 is 1.63 bits per heavy atom. The van der Waals surface area contributed by atoms with Crippen LogP contribution < -0.4 is 11.1 Å². The van der Waals surface area contributed by atoms with Gasteiger partial charge in [0.2, 0.25) is 5.91 Å². The number of hydrogen-bond acceptors (Lipinski definition) is 3. The van der Waals surface area contributed by atoms with E-state index < -0.39 is 17.8 Å². The van der Waals surface area contributed by atoms with Gasteiger partial charge in [0.25, 0.3) is 0 Å². The fourth-order valence-electron chi connectivity index (χ4n) is 1.54. The van der Waals surface area contributed by atoms with Gasteiger partial charge in [-0.25, -0.2) is 4.39 Å². The number of primary amides is 1. The summed E-state index contributed by atoms with van der Waals surface area (Å²) in [5.74, 6) is -1.29. The van der Waals surface area contributed by atoms with Crippen LogP contribution in [0.1, 0.15) is 18.0 Å². The van der Waals surface area contributed by atoms with Crippen LogP contribution in [-0.2, 0) is 4.79 Å². The van der Waals surface area contributed by atoms with Gasteiger partial charge in [-0.3, -0.25) is 4.79 Å². The van der Waals surface area contributed by atoms with Crippen molar-refractivity contribution in [1.29, 1.82) is 0 Å². The maximum Gasteiger partial charge on any atom is 0.239 e. The monoisotopic (exact) mass is 285 g/mol. The number of nitrogens with one attached hydrogen (secondary N) is 1. The molecule has 0 radical (unpaired) electrons. The van der Waals surface area contributed by atoms with E-state index in [2.05, 4.69) is 15.3 Å². The van der Waals surface area contributed by atoms with Crippen molar-refractivity contribution in [2.75, 3.05) is 13.1 Å². The lowest BCUT2D eigenvalue weighted by atomic mass is 10.1. The number of hydrogen-bond donors (Lipinski definition) is 2. The van der Waals surface area contributed by atoms with E-state index in [4.69, 9.17) is 22.9 Å². The molecule has 0 fully saturated rings. The van der Waals surface area contributed by atoms with Gasteiger partial charge >= 0.3 is 0 Å². The van der Waals surface area contributed by atoms with Gasteiger partial charge < -0.3 is 11.1 Å². The van der Waals surface area contributed by atoms with E-state index in [1.54, 1.807) is 0 Å². The molecule has 6 nitrogen and oxygen atoms in total. The molecule has 0 aromatic heterocycles. The van der Waals surface area contributed by atoms with Gasteiger partial charge in [-0.2, -0.15) is 0 Å². The van der Waals surface area contributed by atoms with Crippen molar-refractivity contribution in [3.63, 3.8) is 0 Å². The number of nitrogens with zero attached hydrogens (tertiary/aromatic N) is 3. The number of halogens is 2. The smallest absolute Gasteiger partial charge is 0.239 e. The predicted molar refractivity (Wildman–Crippen MR) is 70.0 cm³/mol. The van der Waals surface area contributed by atoms with Crippen molar-refractivity contribution in [3.8, 4) is 0 Å². The molecule has 1 rings (SSSR count). The number of carbonyl (C=O) groups excluding carboxylic acids is 1. The van der Waals surface area contributed by atoms with Crippen LogP contribution in [0.5, 0.6) is 0 Å². The van der Waals surface area contributed by atoms with Gasteiger partial charge in [-0.1, -0.05) is 22.8 Å². The second-order valence-corrected chi connectivity index (χ2v) is 4.20. The molecule has 0 saturated carbocycles. The lowest BCUT2D eigenvalue weighted by Gasteiger charge is -2.16. The normalized spacial score (nSPS) is 11.7. The minimum Gasteiger partial charge on any atom is -0.368 e. The zero-order valence-electron chi connectivity index (χ0n) is 10.0. The van der Waals surface area contributed by atoms with Gasteiger partial charge in [0.05, 0.1) is 0 Å². The quantitative estimate of drug-likeness (QED) is 0.347. The summed E-state index contributed by atoms with van der Waals surface area (Å²) in [6.45, 7) is 0.659. The Labute approximate surface area is 114 Å². The molecule has 8 heteroatoms. The molecule has 0 aliphatic heterocycles. The Hall–Kier alpha value is -1.82. The molecule has 0 aliphatic carbocycles. The Bertz CT molecular complexity index is 504. The van der Waals surface area contributed by atoms with Crippen molar-refractivity contribution in [2.24, 2.45) is 10.8 Å². The summed E-state index contributed by atoms with van der Waals surface area (Å²) in [7, 11) is 0.